The number of rotatable bonds is 9. The highest BCUT2D eigenvalue weighted by atomic mass is 32.2. The van der Waals surface area contributed by atoms with Crippen molar-refractivity contribution in [3.63, 3.8) is 0 Å². The van der Waals surface area contributed by atoms with Crippen molar-refractivity contribution >= 4 is 22.2 Å². The summed E-state index contributed by atoms with van der Waals surface area (Å²) in [6.07, 6.45) is 0.984. The molecule has 0 aliphatic carbocycles. The van der Waals surface area contributed by atoms with Gasteiger partial charge in [0.05, 0.1) is 4.90 Å². The maximum absolute atomic E-state index is 11.5. The molecule has 0 saturated carbocycles. The van der Waals surface area contributed by atoms with E-state index in [2.05, 4.69) is 5.32 Å². The van der Waals surface area contributed by atoms with E-state index < -0.39 is 28.2 Å². The largest absolute Gasteiger partial charge is 0.480 e. The summed E-state index contributed by atoms with van der Waals surface area (Å²) in [5, 5.41) is 11.3. The van der Waals surface area contributed by atoms with Crippen LogP contribution in [0.4, 0.5) is 4.79 Å². The van der Waals surface area contributed by atoms with Gasteiger partial charge < -0.3 is 20.9 Å². The molecule has 0 radical (unpaired) electrons. The summed E-state index contributed by atoms with van der Waals surface area (Å²) in [5.74, 6) is -1.07. The van der Waals surface area contributed by atoms with E-state index in [-0.39, 0.29) is 11.5 Å². The van der Waals surface area contributed by atoms with Crippen LogP contribution < -0.4 is 11.1 Å². The van der Waals surface area contributed by atoms with E-state index in [0.29, 0.717) is 19.4 Å². The monoisotopic (exact) mass is 438 g/mol. The first kappa shape index (κ1) is 25.1. The highest BCUT2D eigenvalue weighted by Crippen LogP contribution is 2.05. The van der Waals surface area contributed by atoms with Crippen LogP contribution in [-0.4, -0.2) is 42.7 Å². The third kappa shape index (κ3) is 10.6. The van der Waals surface area contributed by atoms with Gasteiger partial charge in [-0.15, -0.1) is 0 Å². The van der Waals surface area contributed by atoms with Gasteiger partial charge in [-0.1, -0.05) is 48.5 Å². The minimum Gasteiger partial charge on any atom is -0.480 e. The number of amides is 1. The number of benzene rings is 2. The van der Waals surface area contributed by atoms with Gasteiger partial charge in [-0.25, -0.2) is 9.59 Å². The van der Waals surface area contributed by atoms with Crippen LogP contribution in [0, 0.1) is 0 Å². The lowest BCUT2D eigenvalue weighted by molar-refractivity contribution is -0.139. The summed E-state index contributed by atoms with van der Waals surface area (Å²) in [5.41, 5.74) is 6.19. The maximum Gasteiger partial charge on any atom is 0.408 e. The molecule has 164 valence electrons. The molecule has 0 fully saturated rings. The smallest absolute Gasteiger partial charge is 0.408 e. The normalized spacial score (nSPS) is 11.5. The highest BCUT2D eigenvalue weighted by molar-refractivity contribution is 7.85. The second-order valence-electron chi connectivity index (χ2n) is 6.17. The Bertz CT molecular complexity index is 875. The summed E-state index contributed by atoms with van der Waals surface area (Å²) < 4.78 is 34.2. The van der Waals surface area contributed by atoms with Crippen LogP contribution in [0.25, 0.3) is 0 Å². The molecule has 2 rings (SSSR count). The Hall–Kier alpha value is -2.95. The van der Waals surface area contributed by atoms with Gasteiger partial charge in [-0.05, 0) is 43.5 Å². The third-order valence-electron chi connectivity index (χ3n) is 3.79. The van der Waals surface area contributed by atoms with E-state index >= 15 is 0 Å². The fourth-order valence-corrected chi connectivity index (χ4v) is 2.75. The zero-order valence-corrected chi connectivity index (χ0v) is 17.1. The average molecular weight is 439 g/mol. The maximum atomic E-state index is 11.5. The minimum absolute atomic E-state index is 0.0741. The lowest BCUT2D eigenvalue weighted by atomic mass is 10.1. The van der Waals surface area contributed by atoms with Crippen molar-refractivity contribution in [2.24, 2.45) is 5.73 Å². The number of alkyl carbamates (subject to hydrolysis) is 1. The summed E-state index contributed by atoms with van der Waals surface area (Å²) in [6.45, 7) is 0.618. The van der Waals surface area contributed by atoms with Crippen LogP contribution >= 0.6 is 0 Å². The number of unbranched alkanes of at least 4 members (excludes halogenated alkanes) is 1. The molecular weight excluding hydrogens is 412 g/mol. The summed E-state index contributed by atoms with van der Waals surface area (Å²) >= 11 is 0. The highest BCUT2D eigenvalue weighted by Gasteiger charge is 2.19. The number of hydrogen-bond acceptors (Lipinski definition) is 6. The Morgan fingerprint density at radius 1 is 1.00 bits per heavy atom. The lowest BCUT2D eigenvalue weighted by Crippen LogP contribution is -2.41. The quantitative estimate of drug-likeness (QED) is 0.343. The van der Waals surface area contributed by atoms with Crippen molar-refractivity contribution in [1.82, 2.24) is 5.32 Å². The summed E-state index contributed by atoms with van der Waals surface area (Å²) in [6, 6.07) is 15.7. The molecule has 1 atom stereocenters. The van der Waals surface area contributed by atoms with Crippen LogP contribution in [0.1, 0.15) is 24.8 Å². The van der Waals surface area contributed by atoms with Crippen molar-refractivity contribution in [1.29, 1.82) is 0 Å². The second-order valence-corrected chi connectivity index (χ2v) is 7.59. The number of nitrogens with one attached hydrogen (secondary N) is 1. The van der Waals surface area contributed by atoms with E-state index in [1.54, 1.807) is 18.2 Å². The van der Waals surface area contributed by atoms with E-state index in [0.717, 1.165) is 12.0 Å². The molecule has 0 bridgehead atoms. The van der Waals surface area contributed by atoms with Gasteiger partial charge in [0, 0.05) is 0 Å². The van der Waals surface area contributed by atoms with Crippen LogP contribution in [0.15, 0.2) is 65.6 Å². The van der Waals surface area contributed by atoms with Gasteiger partial charge in [0.2, 0.25) is 0 Å². The number of carboxylic acid groups (broad SMARTS) is 1. The molecular formula is C20H26N2O7S. The van der Waals surface area contributed by atoms with Gasteiger partial charge in [0.1, 0.15) is 12.6 Å². The topological polar surface area (TPSA) is 156 Å². The number of hydrogen-bond donors (Lipinski definition) is 4. The van der Waals surface area contributed by atoms with Crippen molar-refractivity contribution in [2.45, 2.75) is 36.8 Å². The first-order valence-corrected chi connectivity index (χ1v) is 10.6. The number of carbonyl (C=O) groups excluding carboxylic acids is 1. The van der Waals surface area contributed by atoms with Gasteiger partial charge in [-0.2, -0.15) is 8.42 Å². The molecule has 0 aliphatic rings. The molecule has 5 N–H and O–H groups in total. The number of nitrogens with two attached hydrogens (primary N) is 1. The number of carboxylic acids is 1. The predicted molar refractivity (Wildman–Crippen MR) is 110 cm³/mol. The molecule has 1 amide bonds. The number of aliphatic carboxylic acids is 1. The standard InChI is InChI=1S/C14H20N2O4.C6H6O3S/c15-9-5-4-8-12(13(17)18)16-14(19)20-10-11-6-2-1-3-7-11;7-10(8,9)6-4-2-1-3-5-6/h1-3,6-7,12H,4-5,8-10,15H2,(H,16,19)(H,17,18);1-5H,(H,7,8,9). The van der Waals surface area contributed by atoms with E-state index in [1.165, 1.54) is 12.1 Å². The lowest BCUT2D eigenvalue weighted by Gasteiger charge is -2.14. The Morgan fingerprint density at radius 3 is 2.03 bits per heavy atom. The first-order valence-electron chi connectivity index (χ1n) is 9.16. The molecule has 0 heterocycles. The zero-order chi connectivity index (χ0) is 22.4. The van der Waals surface area contributed by atoms with E-state index in [4.69, 9.17) is 20.1 Å². The van der Waals surface area contributed by atoms with Gasteiger partial charge in [0.25, 0.3) is 10.1 Å². The molecule has 10 heteroatoms. The Kier molecular flexibility index (Phi) is 11.1. The number of ether oxygens (including phenoxy) is 1. The minimum atomic E-state index is -4.00. The fraction of sp³-hybridized carbons (Fsp3) is 0.300. The number of carbonyl (C=O) groups is 2. The average Bonchev–Trinajstić information content (AvgIpc) is 2.73. The van der Waals surface area contributed by atoms with Crippen LogP contribution in [0.3, 0.4) is 0 Å². The molecule has 2 aromatic carbocycles. The first-order chi connectivity index (χ1) is 14.2. The van der Waals surface area contributed by atoms with Crippen molar-refractivity contribution < 1.29 is 32.4 Å². The fourth-order valence-electron chi connectivity index (χ4n) is 2.25. The van der Waals surface area contributed by atoms with Gasteiger partial charge in [-0.3, -0.25) is 4.55 Å². The van der Waals surface area contributed by atoms with Gasteiger partial charge >= 0.3 is 12.1 Å². The SMILES string of the molecule is NCCCCC(NC(=O)OCc1ccccc1)C(=O)O.O=S(=O)(O)c1ccccc1. The Morgan fingerprint density at radius 2 is 1.57 bits per heavy atom. The van der Waals surface area contributed by atoms with Crippen LogP contribution in [0.2, 0.25) is 0 Å². The van der Waals surface area contributed by atoms with E-state index in [9.17, 15) is 18.0 Å². The van der Waals surface area contributed by atoms with E-state index in [1.807, 2.05) is 30.3 Å². The molecule has 1 unspecified atom stereocenters. The second kappa shape index (κ2) is 13.3. The molecule has 0 spiro atoms. The van der Waals surface area contributed by atoms with Gasteiger partial charge in [0.15, 0.2) is 0 Å². The van der Waals surface area contributed by atoms with Crippen molar-refractivity contribution in [3.8, 4) is 0 Å². The zero-order valence-electron chi connectivity index (χ0n) is 16.3. The predicted octanol–water partition coefficient (Wildman–Crippen LogP) is 2.43. The summed E-state index contributed by atoms with van der Waals surface area (Å²) in [4.78, 5) is 22.5. The Balaban J connectivity index is 0.000000375. The Labute approximate surface area is 175 Å². The molecule has 0 aromatic heterocycles. The summed E-state index contributed by atoms with van der Waals surface area (Å²) in [7, 11) is -4.00. The molecule has 0 aliphatic heterocycles. The van der Waals surface area contributed by atoms with Crippen LogP contribution in [0.5, 0.6) is 0 Å². The molecule has 2 aromatic rings. The van der Waals surface area contributed by atoms with Crippen molar-refractivity contribution in [3.05, 3.63) is 66.2 Å². The van der Waals surface area contributed by atoms with Crippen molar-refractivity contribution in [2.75, 3.05) is 6.54 Å². The third-order valence-corrected chi connectivity index (χ3v) is 4.66. The van der Waals surface area contributed by atoms with Crippen LogP contribution in [-0.2, 0) is 26.3 Å². The molecule has 9 nitrogen and oxygen atoms in total. The molecule has 30 heavy (non-hydrogen) atoms. The molecule has 0 saturated heterocycles.